The Balaban J connectivity index is 1.77. The molecule has 43 heavy (non-hydrogen) atoms. The predicted molar refractivity (Wildman–Crippen MR) is 155 cm³/mol. The number of nitrogens with zero attached hydrogens (tertiary/aromatic N) is 4. The summed E-state index contributed by atoms with van der Waals surface area (Å²) >= 11 is 0. The zero-order chi connectivity index (χ0) is 32.0. The van der Waals surface area contributed by atoms with Gasteiger partial charge in [0.05, 0.1) is 43.5 Å². The third-order valence-corrected chi connectivity index (χ3v) is 8.47. The first-order chi connectivity index (χ1) is 20.4. The van der Waals surface area contributed by atoms with Crippen molar-refractivity contribution in [3.63, 3.8) is 0 Å². The molecule has 1 saturated heterocycles. The van der Waals surface area contributed by atoms with Gasteiger partial charge in [-0.05, 0) is 38.5 Å². The fourth-order valence-electron chi connectivity index (χ4n) is 5.68. The third-order valence-electron chi connectivity index (χ3n) is 8.47. The van der Waals surface area contributed by atoms with E-state index in [2.05, 4.69) is 16.7 Å². The van der Waals surface area contributed by atoms with Crippen LogP contribution in [0.3, 0.4) is 0 Å². The fraction of sp³-hybridized carbons (Fsp3) is 0.750. The molecule has 15 nitrogen and oxygen atoms in total. The van der Waals surface area contributed by atoms with Crippen molar-refractivity contribution in [3.8, 4) is 0 Å². The van der Waals surface area contributed by atoms with E-state index < -0.39 is 68.1 Å². The van der Waals surface area contributed by atoms with Gasteiger partial charge in [0, 0.05) is 50.9 Å². The Kier molecular flexibility index (Phi) is 12.9. The first-order valence-electron chi connectivity index (χ1n) is 14.7. The first kappa shape index (κ1) is 35.3. The molecule has 1 fully saturated rings. The maximum Gasteiger partial charge on any atom is 0.253 e. The Morgan fingerprint density at radius 2 is 1.28 bits per heavy atom. The maximum atomic E-state index is 13.5. The van der Waals surface area contributed by atoms with Crippen LogP contribution in [0.2, 0.25) is 0 Å². The van der Waals surface area contributed by atoms with E-state index in [4.69, 9.17) is 10.2 Å². The standard InChI is InChI=1S/C28H48N4O11/c1-3-29-15-30(4-2)19-9-16(5-6-18(19)29)28(43)31-8-7-17(10-31)32(11-20(35)24(39)26(41)22(37)13-33)12-21(36)25(40)27(42)23(38)14-34/h5-6,9,17,20-27,33-42H,3-4,7-8,10-15H2,1-2H3/t17-,20+,21+,22-,23-,24-,25-,26-,27-/m1/s1. The van der Waals surface area contributed by atoms with Crippen molar-refractivity contribution in [1.82, 2.24) is 9.80 Å². The highest BCUT2D eigenvalue weighted by Crippen LogP contribution is 2.36. The van der Waals surface area contributed by atoms with Crippen LogP contribution in [0.1, 0.15) is 30.6 Å². The highest BCUT2D eigenvalue weighted by Gasteiger charge is 2.39. The van der Waals surface area contributed by atoms with Gasteiger partial charge in [-0.15, -0.1) is 0 Å². The molecule has 15 heteroatoms. The molecule has 0 saturated carbocycles. The molecule has 0 bridgehead atoms. The van der Waals surface area contributed by atoms with Crippen LogP contribution in [-0.4, -0.2) is 181 Å². The summed E-state index contributed by atoms with van der Waals surface area (Å²) in [6.07, 6.45) is -14.0. The fourth-order valence-corrected chi connectivity index (χ4v) is 5.68. The lowest BCUT2D eigenvalue weighted by atomic mass is 10.00. The minimum absolute atomic E-state index is 0.157. The van der Waals surface area contributed by atoms with Crippen molar-refractivity contribution in [2.24, 2.45) is 0 Å². The number of fused-ring (bicyclic) bond motifs is 1. The van der Waals surface area contributed by atoms with Crippen molar-refractivity contribution >= 4 is 17.3 Å². The molecular formula is C28H48N4O11. The summed E-state index contributed by atoms with van der Waals surface area (Å²) in [6.45, 7) is 4.43. The van der Waals surface area contributed by atoms with Crippen molar-refractivity contribution < 1.29 is 55.9 Å². The van der Waals surface area contributed by atoms with Gasteiger partial charge in [0.15, 0.2) is 0 Å². The second-order valence-electron chi connectivity index (χ2n) is 11.3. The van der Waals surface area contributed by atoms with Gasteiger partial charge in [-0.1, -0.05) is 0 Å². The molecule has 0 aliphatic carbocycles. The summed E-state index contributed by atoms with van der Waals surface area (Å²) < 4.78 is 0. The van der Waals surface area contributed by atoms with E-state index in [0.29, 0.717) is 18.5 Å². The van der Waals surface area contributed by atoms with Gasteiger partial charge in [-0.25, -0.2) is 0 Å². The lowest BCUT2D eigenvalue weighted by Crippen LogP contribution is -2.55. The van der Waals surface area contributed by atoms with Gasteiger partial charge in [0.1, 0.15) is 36.6 Å². The van der Waals surface area contributed by atoms with E-state index in [9.17, 15) is 45.6 Å². The smallest absolute Gasteiger partial charge is 0.253 e. The van der Waals surface area contributed by atoms with Crippen LogP contribution in [-0.2, 0) is 0 Å². The monoisotopic (exact) mass is 616 g/mol. The topological polar surface area (TPSA) is 232 Å². The summed E-state index contributed by atoms with van der Waals surface area (Å²) in [5.41, 5.74) is 2.51. The molecule has 3 rings (SSSR count). The second-order valence-corrected chi connectivity index (χ2v) is 11.3. The highest BCUT2D eigenvalue weighted by atomic mass is 16.4. The maximum absolute atomic E-state index is 13.5. The second kappa shape index (κ2) is 15.7. The van der Waals surface area contributed by atoms with Gasteiger partial charge in [0.25, 0.3) is 5.91 Å². The number of hydrogen-bond donors (Lipinski definition) is 10. The number of carbonyl (C=O) groups excluding carboxylic acids is 1. The van der Waals surface area contributed by atoms with E-state index in [1.54, 1.807) is 11.0 Å². The van der Waals surface area contributed by atoms with Crippen LogP contribution in [0.25, 0.3) is 0 Å². The molecule has 1 aromatic carbocycles. The van der Waals surface area contributed by atoms with Gasteiger partial charge in [0.2, 0.25) is 0 Å². The van der Waals surface area contributed by atoms with Crippen molar-refractivity contribution in [1.29, 1.82) is 0 Å². The lowest BCUT2D eigenvalue weighted by molar-refractivity contribution is -0.133. The number of anilines is 2. The van der Waals surface area contributed by atoms with E-state index >= 15 is 0 Å². The molecule has 1 amide bonds. The van der Waals surface area contributed by atoms with Crippen molar-refractivity contribution in [3.05, 3.63) is 23.8 Å². The molecule has 0 spiro atoms. The van der Waals surface area contributed by atoms with Crippen molar-refractivity contribution in [2.45, 2.75) is 75.1 Å². The summed E-state index contributed by atoms with van der Waals surface area (Å²) in [6, 6.07) is 5.07. The molecule has 2 aliphatic heterocycles. The number of rotatable bonds is 16. The number of aliphatic hydroxyl groups excluding tert-OH is 10. The number of amides is 1. The largest absolute Gasteiger partial charge is 0.394 e. The Labute approximate surface area is 251 Å². The number of aliphatic hydroxyl groups is 10. The molecule has 246 valence electrons. The predicted octanol–water partition coefficient (Wildman–Crippen LogP) is -4.30. The average molecular weight is 617 g/mol. The van der Waals surface area contributed by atoms with Gasteiger partial charge >= 0.3 is 0 Å². The molecule has 0 radical (unpaired) electrons. The Hall–Kier alpha value is -2.15. The lowest BCUT2D eigenvalue weighted by Gasteiger charge is -2.36. The summed E-state index contributed by atoms with van der Waals surface area (Å²) in [5, 5.41) is 99.8. The van der Waals surface area contributed by atoms with E-state index in [0.717, 1.165) is 31.1 Å². The number of hydrogen-bond acceptors (Lipinski definition) is 14. The number of likely N-dealkylation sites (tertiary alicyclic amines) is 1. The first-order valence-corrected chi connectivity index (χ1v) is 14.7. The van der Waals surface area contributed by atoms with Gasteiger partial charge in [-0.2, -0.15) is 0 Å². The Bertz CT molecular complexity index is 1010. The number of benzene rings is 1. The minimum atomic E-state index is -1.89. The molecule has 2 aliphatic rings. The number of carbonyl (C=O) groups is 1. The van der Waals surface area contributed by atoms with Crippen LogP contribution in [0, 0.1) is 0 Å². The van der Waals surface area contributed by atoms with Crippen LogP contribution >= 0.6 is 0 Å². The quantitative estimate of drug-likeness (QED) is 0.0847. The van der Waals surface area contributed by atoms with Crippen LogP contribution in [0.5, 0.6) is 0 Å². The zero-order valence-electron chi connectivity index (χ0n) is 24.7. The average Bonchev–Trinajstić information content (AvgIpc) is 3.66. The van der Waals surface area contributed by atoms with Crippen LogP contribution < -0.4 is 9.80 Å². The molecule has 0 unspecified atom stereocenters. The molecular weight excluding hydrogens is 568 g/mol. The minimum Gasteiger partial charge on any atom is -0.394 e. The van der Waals surface area contributed by atoms with Crippen molar-refractivity contribution in [2.75, 3.05) is 69.0 Å². The summed E-state index contributed by atoms with van der Waals surface area (Å²) in [5.74, 6) is -0.222. The highest BCUT2D eigenvalue weighted by molar-refractivity contribution is 5.97. The molecule has 1 aromatic rings. The molecule has 9 atom stereocenters. The SMILES string of the molecule is CCN1CN(CC)c2cc(C(=O)N3CC[C@@H](N(C[C@H](O)[C@@H](O)[C@H](O)[C@H](O)CO)C[C@H](O)[C@@H](O)[C@H](O)[C@H](O)CO)C3)ccc21. The summed E-state index contributed by atoms with van der Waals surface area (Å²) in [4.78, 5) is 21.0. The normalized spacial score (nSPS) is 22.7. The molecule has 10 N–H and O–H groups in total. The molecule has 2 heterocycles. The Morgan fingerprint density at radius 1 is 0.791 bits per heavy atom. The molecule has 0 aromatic heterocycles. The van der Waals surface area contributed by atoms with E-state index in [1.807, 2.05) is 19.1 Å². The summed E-state index contributed by atoms with van der Waals surface area (Å²) in [7, 11) is 0. The third kappa shape index (κ3) is 8.12. The van der Waals surface area contributed by atoms with E-state index in [1.165, 1.54) is 4.90 Å². The van der Waals surface area contributed by atoms with E-state index in [-0.39, 0.29) is 25.5 Å². The van der Waals surface area contributed by atoms with Crippen LogP contribution in [0.15, 0.2) is 18.2 Å². The van der Waals surface area contributed by atoms with Gasteiger partial charge in [-0.3, -0.25) is 9.69 Å². The Morgan fingerprint density at radius 3 is 1.77 bits per heavy atom. The van der Waals surface area contributed by atoms with Gasteiger partial charge < -0.3 is 65.8 Å². The zero-order valence-corrected chi connectivity index (χ0v) is 24.7. The van der Waals surface area contributed by atoms with Crippen LogP contribution in [0.4, 0.5) is 11.4 Å².